The molecule has 0 amide bonds. The Morgan fingerprint density at radius 1 is 1.00 bits per heavy atom. The van der Waals surface area contributed by atoms with Crippen molar-refractivity contribution in [1.29, 1.82) is 0 Å². The number of nitrogens with zero attached hydrogens (tertiary/aromatic N) is 1. The standard InChI is InChI=1S/C25H21NO7S/c1-2-26(19-6-4-3-5-7-19)34(30,31)21-11-8-17(9-12-21)25(29)32-16-18-14-24(28)33-23-15-20(27)10-13-22(18)23/h3-15,27H,2,16H2,1H3. The van der Waals surface area contributed by atoms with E-state index >= 15 is 0 Å². The number of phenolic OH excluding ortho intramolecular Hbond substituents is 1. The molecule has 0 spiro atoms. The molecule has 0 aliphatic rings. The summed E-state index contributed by atoms with van der Waals surface area (Å²) in [5, 5.41) is 10.1. The smallest absolute Gasteiger partial charge is 0.338 e. The molecule has 0 saturated carbocycles. The van der Waals surface area contributed by atoms with Crippen molar-refractivity contribution >= 4 is 32.6 Å². The Hall–Kier alpha value is -4.11. The number of fused-ring (bicyclic) bond motifs is 1. The molecule has 0 atom stereocenters. The van der Waals surface area contributed by atoms with Crippen molar-refractivity contribution in [2.75, 3.05) is 10.8 Å². The van der Waals surface area contributed by atoms with Crippen molar-refractivity contribution in [3.8, 4) is 5.75 Å². The highest BCUT2D eigenvalue weighted by Crippen LogP contribution is 2.25. The lowest BCUT2D eigenvalue weighted by Crippen LogP contribution is -2.30. The third kappa shape index (κ3) is 4.65. The van der Waals surface area contributed by atoms with Gasteiger partial charge in [0.2, 0.25) is 0 Å². The van der Waals surface area contributed by atoms with Crippen molar-refractivity contribution in [2.24, 2.45) is 0 Å². The first kappa shape index (κ1) is 23.1. The Morgan fingerprint density at radius 3 is 2.38 bits per heavy atom. The van der Waals surface area contributed by atoms with Crippen molar-refractivity contribution in [3.63, 3.8) is 0 Å². The van der Waals surface area contributed by atoms with Gasteiger partial charge in [-0.2, -0.15) is 0 Å². The summed E-state index contributed by atoms with van der Waals surface area (Å²) in [6.45, 7) is 1.78. The van der Waals surface area contributed by atoms with Crippen LogP contribution in [0.4, 0.5) is 5.69 Å². The van der Waals surface area contributed by atoms with Crippen LogP contribution in [0.1, 0.15) is 22.8 Å². The summed E-state index contributed by atoms with van der Waals surface area (Å²) in [5.74, 6) is -0.742. The van der Waals surface area contributed by atoms with Crippen LogP contribution < -0.4 is 9.93 Å². The van der Waals surface area contributed by atoms with Gasteiger partial charge in [0, 0.05) is 29.6 Å². The topological polar surface area (TPSA) is 114 Å². The van der Waals surface area contributed by atoms with Crippen molar-refractivity contribution in [1.82, 2.24) is 0 Å². The molecular weight excluding hydrogens is 458 g/mol. The van der Waals surface area contributed by atoms with Gasteiger partial charge in [-0.25, -0.2) is 18.0 Å². The average Bonchev–Trinajstić information content (AvgIpc) is 2.83. The van der Waals surface area contributed by atoms with E-state index in [-0.39, 0.29) is 34.9 Å². The number of ether oxygens (including phenoxy) is 1. The van der Waals surface area contributed by atoms with E-state index in [1.807, 2.05) is 0 Å². The zero-order valence-electron chi connectivity index (χ0n) is 18.2. The molecule has 1 N–H and O–H groups in total. The van der Waals surface area contributed by atoms with Gasteiger partial charge in [-0.15, -0.1) is 0 Å². The Bertz CT molecular complexity index is 1490. The number of sulfonamides is 1. The molecule has 0 unspecified atom stereocenters. The highest BCUT2D eigenvalue weighted by Gasteiger charge is 2.24. The number of anilines is 1. The van der Waals surface area contributed by atoms with E-state index in [1.165, 1.54) is 46.8 Å². The lowest BCUT2D eigenvalue weighted by Gasteiger charge is -2.22. The number of aromatic hydroxyl groups is 1. The van der Waals surface area contributed by atoms with E-state index in [4.69, 9.17) is 9.15 Å². The third-order valence-corrected chi connectivity index (χ3v) is 7.10. The van der Waals surface area contributed by atoms with Gasteiger partial charge in [-0.05, 0) is 55.5 Å². The minimum Gasteiger partial charge on any atom is -0.508 e. The number of hydrogen-bond acceptors (Lipinski definition) is 7. The molecule has 0 saturated heterocycles. The minimum atomic E-state index is -3.82. The number of hydrogen-bond donors (Lipinski definition) is 1. The van der Waals surface area contributed by atoms with Gasteiger partial charge in [-0.1, -0.05) is 18.2 Å². The molecule has 0 radical (unpaired) electrons. The number of rotatable bonds is 7. The van der Waals surface area contributed by atoms with Gasteiger partial charge in [0.15, 0.2) is 0 Å². The maximum absolute atomic E-state index is 13.1. The molecule has 0 bridgehead atoms. The zero-order chi connectivity index (χ0) is 24.3. The number of phenols is 1. The summed E-state index contributed by atoms with van der Waals surface area (Å²) in [6, 6.07) is 19.7. The largest absolute Gasteiger partial charge is 0.508 e. The fourth-order valence-electron chi connectivity index (χ4n) is 3.54. The maximum atomic E-state index is 13.1. The highest BCUT2D eigenvalue weighted by atomic mass is 32.2. The predicted molar refractivity (Wildman–Crippen MR) is 126 cm³/mol. The first-order valence-corrected chi connectivity index (χ1v) is 11.8. The third-order valence-electron chi connectivity index (χ3n) is 5.18. The van der Waals surface area contributed by atoms with Crippen molar-refractivity contribution < 1.29 is 27.5 Å². The first-order chi connectivity index (χ1) is 16.3. The van der Waals surface area contributed by atoms with Crippen molar-refractivity contribution in [3.05, 3.63) is 100 Å². The Balaban J connectivity index is 1.52. The molecule has 3 aromatic carbocycles. The molecule has 1 heterocycles. The molecule has 4 aromatic rings. The van der Waals surface area contributed by atoms with Gasteiger partial charge in [0.25, 0.3) is 10.0 Å². The van der Waals surface area contributed by atoms with E-state index in [9.17, 15) is 23.1 Å². The van der Waals surface area contributed by atoms with Crippen LogP contribution in [0.3, 0.4) is 0 Å². The molecule has 9 heteroatoms. The van der Waals surface area contributed by atoms with Crippen LogP contribution in [0.2, 0.25) is 0 Å². The van der Waals surface area contributed by atoms with E-state index in [0.717, 1.165) is 0 Å². The molecule has 8 nitrogen and oxygen atoms in total. The summed E-state index contributed by atoms with van der Waals surface area (Å²) < 4.78 is 37.9. The van der Waals surface area contributed by atoms with E-state index in [2.05, 4.69) is 0 Å². The first-order valence-electron chi connectivity index (χ1n) is 10.4. The number of esters is 1. The van der Waals surface area contributed by atoms with Crippen LogP contribution in [0.15, 0.2) is 93.0 Å². The molecule has 1 aromatic heterocycles. The lowest BCUT2D eigenvalue weighted by atomic mass is 10.1. The molecule has 0 aliphatic heterocycles. The Kier molecular flexibility index (Phi) is 6.38. The Labute approximate surface area is 195 Å². The van der Waals surface area contributed by atoms with Crippen LogP contribution in [0.5, 0.6) is 5.75 Å². The second-order valence-electron chi connectivity index (χ2n) is 7.38. The van der Waals surface area contributed by atoms with Gasteiger partial charge in [0.05, 0.1) is 16.1 Å². The monoisotopic (exact) mass is 479 g/mol. The summed E-state index contributed by atoms with van der Waals surface area (Å²) >= 11 is 0. The number of carbonyl (C=O) groups is 1. The summed E-state index contributed by atoms with van der Waals surface area (Å²) in [6.07, 6.45) is 0. The SMILES string of the molecule is CCN(c1ccccc1)S(=O)(=O)c1ccc(C(=O)OCc2cc(=O)oc3cc(O)ccc23)cc1. The van der Waals surface area contributed by atoms with Gasteiger partial charge < -0.3 is 14.3 Å². The van der Waals surface area contributed by atoms with Crippen LogP contribution in [0.25, 0.3) is 11.0 Å². The predicted octanol–water partition coefficient (Wildman–Crippen LogP) is 4.07. The summed E-state index contributed by atoms with van der Waals surface area (Å²) in [4.78, 5) is 24.4. The summed E-state index contributed by atoms with van der Waals surface area (Å²) in [7, 11) is -3.82. The van der Waals surface area contributed by atoms with Crippen molar-refractivity contribution in [2.45, 2.75) is 18.4 Å². The zero-order valence-corrected chi connectivity index (χ0v) is 19.0. The number of carbonyl (C=O) groups excluding carboxylic acids is 1. The van der Waals surface area contributed by atoms with Gasteiger partial charge >= 0.3 is 11.6 Å². The molecule has 174 valence electrons. The fraction of sp³-hybridized carbons (Fsp3) is 0.120. The Morgan fingerprint density at radius 2 is 1.71 bits per heavy atom. The number of benzene rings is 3. The van der Waals surface area contributed by atoms with E-state index < -0.39 is 21.6 Å². The fourth-order valence-corrected chi connectivity index (χ4v) is 5.01. The molecular formula is C25H21NO7S. The van der Waals surface area contributed by atoms with Crippen LogP contribution in [-0.2, 0) is 21.4 Å². The second-order valence-corrected chi connectivity index (χ2v) is 9.24. The number of para-hydroxylation sites is 1. The quantitative estimate of drug-likeness (QED) is 0.314. The lowest BCUT2D eigenvalue weighted by molar-refractivity contribution is 0.0473. The average molecular weight is 480 g/mol. The second kappa shape index (κ2) is 9.40. The molecule has 4 rings (SSSR count). The summed E-state index contributed by atoms with van der Waals surface area (Å²) in [5.41, 5.74) is 0.651. The minimum absolute atomic E-state index is 0.0428. The highest BCUT2D eigenvalue weighted by molar-refractivity contribution is 7.92. The molecule has 0 fully saturated rings. The van der Waals surface area contributed by atoms with E-state index in [0.29, 0.717) is 16.6 Å². The van der Waals surface area contributed by atoms with Gasteiger partial charge in [0.1, 0.15) is 17.9 Å². The molecule has 34 heavy (non-hydrogen) atoms. The maximum Gasteiger partial charge on any atom is 0.338 e. The normalized spacial score (nSPS) is 11.3. The van der Waals surface area contributed by atoms with Crippen LogP contribution in [0, 0.1) is 0 Å². The van der Waals surface area contributed by atoms with Crippen LogP contribution >= 0.6 is 0 Å². The molecule has 0 aliphatic carbocycles. The van der Waals surface area contributed by atoms with E-state index in [1.54, 1.807) is 43.3 Å². The van der Waals surface area contributed by atoms with Crippen LogP contribution in [-0.4, -0.2) is 26.0 Å². The van der Waals surface area contributed by atoms with Gasteiger partial charge in [-0.3, -0.25) is 4.31 Å².